The van der Waals surface area contributed by atoms with E-state index >= 15 is 0 Å². The van der Waals surface area contributed by atoms with Crippen LogP contribution in [0.5, 0.6) is 0 Å². The maximum Gasteiger partial charge on any atom is 0.361 e. The van der Waals surface area contributed by atoms with Gasteiger partial charge in [-0.15, -0.1) is 0 Å². The van der Waals surface area contributed by atoms with Crippen LogP contribution in [0.25, 0.3) is 0 Å². The van der Waals surface area contributed by atoms with Crippen molar-refractivity contribution in [1.29, 1.82) is 0 Å². The average Bonchev–Trinajstić information content (AvgIpc) is 3.27. The van der Waals surface area contributed by atoms with Crippen LogP contribution in [0.15, 0.2) is 36.5 Å². The number of nitrogens with zero attached hydrogens (tertiary/aromatic N) is 1. The minimum absolute atomic E-state index is 0.183. The fourth-order valence-electron chi connectivity index (χ4n) is 7.73. The molecule has 380 valence electrons. The number of ether oxygens (including phenoxy) is 4. The highest BCUT2D eigenvalue weighted by atomic mass is 16.7. The molecule has 9 nitrogen and oxygen atoms in total. The lowest BCUT2D eigenvalue weighted by molar-refractivity contribution is -0.870. The van der Waals surface area contributed by atoms with E-state index < -0.39 is 24.3 Å². The van der Waals surface area contributed by atoms with E-state index in [-0.39, 0.29) is 32.2 Å². The van der Waals surface area contributed by atoms with Crippen molar-refractivity contribution in [3.05, 3.63) is 36.5 Å². The molecule has 0 aromatic rings. The molecule has 9 heteroatoms. The van der Waals surface area contributed by atoms with Crippen molar-refractivity contribution in [2.75, 3.05) is 47.5 Å². The molecule has 0 rings (SSSR count). The predicted octanol–water partition coefficient (Wildman–Crippen LogP) is 15.3. The Bertz CT molecular complexity index is 1160. The second-order valence-electron chi connectivity index (χ2n) is 19.5. The van der Waals surface area contributed by atoms with Crippen molar-refractivity contribution in [2.24, 2.45) is 0 Å². The fourth-order valence-corrected chi connectivity index (χ4v) is 7.73. The maximum absolute atomic E-state index is 12.8. The van der Waals surface area contributed by atoms with Gasteiger partial charge in [-0.25, -0.2) is 4.79 Å². The summed E-state index contributed by atoms with van der Waals surface area (Å²) in [6.45, 7) is 4.79. The number of carbonyl (C=O) groups excluding carboxylic acids is 2. The summed E-state index contributed by atoms with van der Waals surface area (Å²) in [5.41, 5.74) is 0. The van der Waals surface area contributed by atoms with Crippen molar-refractivity contribution >= 4 is 17.9 Å². The zero-order valence-corrected chi connectivity index (χ0v) is 43.2. The quantitative estimate of drug-likeness (QED) is 0.0211. The Kier molecular flexibility index (Phi) is 46.1. The Hall–Kier alpha value is -2.49. The molecule has 2 atom stereocenters. The summed E-state index contributed by atoms with van der Waals surface area (Å²) >= 11 is 0. The average molecular weight is 919 g/mol. The van der Waals surface area contributed by atoms with Gasteiger partial charge >= 0.3 is 17.9 Å². The van der Waals surface area contributed by atoms with E-state index in [9.17, 15) is 19.5 Å². The molecule has 0 aliphatic heterocycles. The smallest absolute Gasteiger partial charge is 0.361 e. The lowest BCUT2D eigenvalue weighted by Crippen LogP contribution is -2.40. The van der Waals surface area contributed by atoms with Crippen LogP contribution >= 0.6 is 0 Å². The fraction of sp³-hybridized carbons (Fsp3) is 0.839. The number of allylic oxidation sites excluding steroid dienone is 6. The molecule has 65 heavy (non-hydrogen) atoms. The summed E-state index contributed by atoms with van der Waals surface area (Å²) in [4.78, 5) is 37.3. The van der Waals surface area contributed by atoms with E-state index in [0.717, 1.165) is 64.2 Å². The first kappa shape index (κ1) is 62.5. The van der Waals surface area contributed by atoms with Crippen LogP contribution in [0.4, 0.5) is 0 Å². The molecule has 0 aliphatic carbocycles. The summed E-state index contributed by atoms with van der Waals surface area (Å²) in [6.07, 6.45) is 53.6. The molecule has 0 saturated heterocycles. The minimum atomic E-state index is -1.51. The first-order chi connectivity index (χ1) is 31.6. The Labute approximate surface area is 400 Å². The van der Waals surface area contributed by atoms with Gasteiger partial charge in [-0.05, 0) is 44.9 Å². The molecule has 0 aromatic carbocycles. The molecule has 0 radical (unpaired) electrons. The number of carboxylic acid groups (broad SMARTS) is 1. The van der Waals surface area contributed by atoms with Crippen molar-refractivity contribution in [2.45, 2.75) is 257 Å². The van der Waals surface area contributed by atoms with Gasteiger partial charge in [0, 0.05) is 12.8 Å². The zero-order valence-electron chi connectivity index (χ0n) is 43.2. The minimum Gasteiger partial charge on any atom is -0.477 e. The largest absolute Gasteiger partial charge is 0.477 e. The van der Waals surface area contributed by atoms with Gasteiger partial charge in [0.2, 0.25) is 0 Å². The Morgan fingerprint density at radius 2 is 0.877 bits per heavy atom. The molecule has 0 amide bonds. The van der Waals surface area contributed by atoms with Gasteiger partial charge in [0.05, 0.1) is 34.4 Å². The van der Waals surface area contributed by atoms with Crippen molar-refractivity contribution in [3.8, 4) is 0 Å². The van der Waals surface area contributed by atoms with Crippen LogP contribution in [0.3, 0.4) is 0 Å². The third kappa shape index (κ3) is 49.2. The first-order valence-electron chi connectivity index (χ1n) is 27.2. The van der Waals surface area contributed by atoms with E-state index in [4.69, 9.17) is 18.9 Å². The molecule has 0 aliphatic rings. The number of likely N-dealkylation sites (N-methyl/N-ethyl adjacent to an activating group) is 1. The van der Waals surface area contributed by atoms with E-state index in [1.165, 1.54) is 148 Å². The molecule has 0 spiro atoms. The molecule has 1 N–H and O–H groups in total. The Morgan fingerprint density at radius 1 is 0.477 bits per heavy atom. The van der Waals surface area contributed by atoms with E-state index in [1.54, 1.807) is 0 Å². The van der Waals surface area contributed by atoms with Crippen LogP contribution in [0.2, 0.25) is 0 Å². The number of hydrogen-bond acceptors (Lipinski definition) is 7. The lowest BCUT2D eigenvalue weighted by Gasteiger charge is -2.25. The second kappa shape index (κ2) is 48.0. The van der Waals surface area contributed by atoms with Crippen molar-refractivity contribution in [1.82, 2.24) is 0 Å². The topological polar surface area (TPSA) is 108 Å². The zero-order chi connectivity index (χ0) is 47.7. The Balaban J connectivity index is 4.25. The molecule has 0 aromatic heterocycles. The second-order valence-corrected chi connectivity index (χ2v) is 19.5. The molecule has 0 bridgehead atoms. The summed E-state index contributed by atoms with van der Waals surface area (Å²) < 4.78 is 22.8. The third-order valence-electron chi connectivity index (χ3n) is 11.9. The predicted molar refractivity (Wildman–Crippen MR) is 272 cm³/mol. The van der Waals surface area contributed by atoms with Crippen LogP contribution in [-0.2, 0) is 33.3 Å². The number of esters is 2. The summed E-state index contributed by atoms with van der Waals surface area (Å²) in [5.74, 6) is -2.01. The molecule has 0 saturated carbocycles. The van der Waals surface area contributed by atoms with Gasteiger partial charge in [0.1, 0.15) is 13.2 Å². The van der Waals surface area contributed by atoms with Crippen LogP contribution in [0.1, 0.15) is 245 Å². The van der Waals surface area contributed by atoms with Gasteiger partial charge in [-0.1, -0.05) is 224 Å². The van der Waals surface area contributed by atoms with Crippen molar-refractivity contribution in [3.63, 3.8) is 0 Å². The SMILES string of the molecule is CC/C=C\C/C=C\C/C=C\CCCCCCCCCC(=O)OC(COC(=O)CCCCCCCCCCCCCCCCCCCCCCCCC)COC(OCC[N+](C)(C)C)C(=O)O. The number of quaternary nitrogens is 1. The number of rotatable bonds is 50. The van der Waals surface area contributed by atoms with Gasteiger partial charge in [-0.3, -0.25) is 9.59 Å². The highest BCUT2D eigenvalue weighted by Crippen LogP contribution is 2.17. The van der Waals surface area contributed by atoms with Gasteiger partial charge in [0.15, 0.2) is 6.10 Å². The molecule has 0 heterocycles. The number of aliphatic carboxylic acids is 1. The van der Waals surface area contributed by atoms with E-state index in [1.807, 2.05) is 21.1 Å². The molecule has 2 unspecified atom stereocenters. The standard InChI is InChI=1S/C56H103NO8/c1-6-8-10-12-14-16-18-20-22-24-25-26-27-28-29-31-32-34-36-38-40-42-44-46-53(58)63-50-52(51-64-56(55(60)61)62-49-48-57(3,4)5)65-54(59)47-45-43-41-39-37-35-33-30-23-21-19-17-15-13-11-9-7-2/h9,11,15,17,21,23,52,56H,6-8,10,12-14,16,18-20,22,24-51H2,1-5H3/p+1/b11-9-,17-15-,23-21-. The lowest BCUT2D eigenvalue weighted by atomic mass is 10.0. The summed E-state index contributed by atoms with van der Waals surface area (Å²) in [7, 11) is 5.96. The van der Waals surface area contributed by atoms with Gasteiger partial charge in [0.25, 0.3) is 6.29 Å². The summed E-state index contributed by atoms with van der Waals surface area (Å²) in [6, 6.07) is 0. The third-order valence-corrected chi connectivity index (χ3v) is 11.9. The molecular weight excluding hydrogens is 815 g/mol. The number of carbonyl (C=O) groups is 3. The van der Waals surface area contributed by atoms with Gasteiger partial charge in [-0.2, -0.15) is 0 Å². The molecular formula is C56H104NO8+. The normalized spacial score (nSPS) is 13.1. The maximum atomic E-state index is 12.8. The first-order valence-corrected chi connectivity index (χ1v) is 27.2. The Morgan fingerprint density at radius 3 is 1.31 bits per heavy atom. The number of unbranched alkanes of at least 4 members (excludes halogenated alkanes) is 29. The van der Waals surface area contributed by atoms with Crippen LogP contribution < -0.4 is 0 Å². The highest BCUT2D eigenvalue weighted by molar-refractivity contribution is 5.71. The number of hydrogen-bond donors (Lipinski definition) is 1. The van der Waals surface area contributed by atoms with Crippen LogP contribution in [0, 0.1) is 0 Å². The molecule has 0 fully saturated rings. The number of carboxylic acids is 1. The highest BCUT2D eigenvalue weighted by Gasteiger charge is 2.25. The monoisotopic (exact) mass is 919 g/mol. The van der Waals surface area contributed by atoms with E-state index in [2.05, 4.69) is 50.3 Å². The van der Waals surface area contributed by atoms with E-state index in [0.29, 0.717) is 23.9 Å². The van der Waals surface area contributed by atoms with Gasteiger partial charge < -0.3 is 28.5 Å². The van der Waals surface area contributed by atoms with Crippen LogP contribution in [-0.4, -0.2) is 87.4 Å². The van der Waals surface area contributed by atoms with Crippen molar-refractivity contribution < 1.29 is 42.9 Å². The summed E-state index contributed by atoms with van der Waals surface area (Å²) in [5, 5.41) is 9.68.